The summed E-state index contributed by atoms with van der Waals surface area (Å²) in [7, 11) is 0. The van der Waals surface area contributed by atoms with Crippen LogP contribution in [0.15, 0.2) is 22.7 Å². The number of rotatable bonds is 8. The second kappa shape index (κ2) is 9.59. The van der Waals surface area contributed by atoms with Gasteiger partial charge in [0.25, 0.3) is 0 Å². The van der Waals surface area contributed by atoms with E-state index in [9.17, 15) is 5.11 Å². The summed E-state index contributed by atoms with van der Waals surface area (Å²) in [6, 6.07) is 2.76. The first kappa shape index (κ1) is 17.7. The maximum Gasteiger partial charge on any atom is 0.156 e. The third-order valence-corrected chi connectivity index (χ3v) is 3.43. The summed E-state index contributed by atoms with van der Waals surface area (Å²) < 4.78 is 10.8. The molecule has 20 heavy (non-hydrogen) atoms. The number of phenolic OH excluding ortho intramolecular Hbond substituents is 1. The van der Waals surface area contributed by atoms with Crippen LogP contribution in [0.5, 0.6) is 11.5 Å². The highest BCUT2D eigenvalue weighted by atomic mass is 35.5. The van der Waals surface area contributed by atoms with Crippen LogP contribution in [-0.2, 0) is 4.74 Å². The molecular weight excluding hydrogens is 346 g/mol. The number of hydrogen-bond donors (Lipinski definition) is 1. The summed E-state index contributed by atoms with van der Waals surface area (Å²) in [5.41, 5.74) is 1.28. The Kier molecular flexibility index (Phi) is 8.50. The molecule has 0 saturated carbocycles. The maximum absolute atomic E-state index is 9.29. The third kappa shape index (κ3) is 6.42. The summed E-state index contributed by atoms with van der Waals surface area (Å²) >= 11 is 22.9. The molecule has 0 saturated heterocycles. The van der Waals surface area contributed by atoms with Gasteiger partial charge in [-0.3, -0.25) is 0 Å². The van der Waals surface area contributed by atoms with Crippen LogP contribution in [-0.4, -0.2) is 24.9 Å². The van der Waals surface area contributed by atoms with Crippen molar-refractivity contribution in [2.45, 2.75) is 12.8 Å². The smallest absolute Gasteiger partial charge is 0.156 e. The minimum Gasteiger partial charge on any atom is -0.508 e. The Hall–Kier alpha value is -0.320. The first-order valence-electron chi connectivity index (χ1n) is 5.88. The maximum atomic E-state index is 9.29. The Bertz CT molecular complexity index is 440. The van der Waals surface area contributed by atoms with Crippen molar-refractivity contribution in [2.75, 3.05) is 19.8 Å². The van der Waals surface area contributed by atoms with Gasteiger partial charge in [-0.1, -0.05) is 46.4 Å². The molecule has 0 fully saturated rings. The summed E-state index contributed by atoms with van der Waals surface area (Å²) in [5, 5.41) is 10.3. The summed E-state index contributed by atoms with van der Waals surface area (Å²) in [5.74, 6) is 0.380. The lowest BCUT2D eigenvalue weighted by Crippen LogP contribution is -2.02. The molecule has 7 heteroatoms. The molecule has 0 bridgehead atoms. The van der Waals surface area contributed by atoms with E-state index in [1.54, 1.807) is 0 Å². The van der Waals surface area contributed by atoms with E-state index in [0.29, 0.717) is 30.6 Å². The molecule has 0 atom stereocenters. The predicted molar refractivity (Wildman–Crippen MR) is 83.5 cm³/mol. The Morgan fingerprint density at radius 1 is 1.15 bits per heavy atom. The van der Waals surface area contributed by atoms with Crippen LogP contribution in [0.3, 0.4) is 0 Å². The molecule has 1 aromatic carbocycles. The molecule has 0 amide bonds. The van der Waals surface area contributed by atoms with E-state index >= 15 is 0 Å². The third-order valence-electron chi connectivity index (χ3n) is 2.27. The molecule has 0 aromatic heterocycles. The fraction of sp³-hybridized carbons (Fsp3) is 0.385. The lowest BCUT2D eigenvalue weighted by molar-refractivity contribution is 0.150. The van der Waals surface area contributed by atoms with Gasteiger partial charge in [-0.05, 0) is 12.8 Å². The number of hydrogen-bond acceptors (Lipinski definition) is 3. The van der Waals surface area contributed by atoms with Gasteiger partial charge in [0.2, 0.25) is 0 Å². The normalized spacial score (nSPS) is 11.7. The van der Waals surface area contributed by atoms with Gasteiger partial charge in [0.15, 0.2) is 5.75 Å². The summed E-state index contributed by atoms with van der Waals surface area (Å²) in [6.45, 7) is 1.32. The monoisotopic (exact) mass is 358 g/mol. The zero-order valence-electron chi connectivity index (χ0n) is 10.5. The van der Waals surface area contributed by atoms with Crippen LogP contribution in [0.1, 0.15) is 12.8 Å². The van der Waals surface area contributed by atoms with Crippen LogP contribution in [0.25, 0.3) is 0 Å². The van der Waals surface area contributed by atoms with Crippen molar-refractivity contribution in [3.8, 4) is 11.5 Å². The van der Waals surface area contributed by atoms with Gasteiger partial charge in [0, 0.05) is 24.3 Å². The van der Waals surface area contributed by atoms with Gasteiger partial charge in [-0.25, -0.2) is 0 Å². The van der Waals surface area contributed by atoms with Crippen molar-refractivity contribution in [3.05, 3.63) is 32.7 Å². The molecule has 0 aliphatic carbocycles. The second-order valence-electron chi connectivity index (χ2n) is 3.90. The van der Waals surface area contributed by atoms with E-state index < -0.39 is 0 Å². The Balaban J connectivity index is 2.22. The van der Waals surface area contributed by atoms with Crippen molar-refractivity contribution in [2.24, 2.45) is 0 Å². The Morgan fingerprint density at radius 3 is 2.35 bits per heavy atom. The number of benzene rings is 1. The zero-order chi connectivity index (χ0) is 15.0. The van der Waals surface area contributed by atoms with Crippen molar-refractivity contribution < 1.29 is 14.6 Å². The van der Waals surface area contributed by atoms with Gasteiger partial charge in [-0.15, -0.1) is 0 Å². The number of ether oxygens (including phenoxy) is 2. The van der Waals surface area contributed by atoms with Crippen LogP contribution < -0.4 is 4.74 Å². The van der Waals surface area contributed by atoms with E-state index in [4.69, 9.17) is 55.9 Å². The van der Waals surface area contributed by atoms with E-state index in [-0.39, 0.29) is 15.8 Å². The molecule has 0 unspecified atom stereocenters. The van der Waals surface area contributed by atoms with Crippen molar-refractivity contribution >= 4 is 46.4 Å². The fourth-order valence-electron chi connectivity index (χ4n) is 1.37. The Morgan fingerprint density at radius 2 is 1.75 bits per heavy atom. The summed E-state index contributed by atoms with van der Waals surface area (Å²) in [4.78, 5) is 0. The van der Waals surface area contributed by atoms with Gasteiger partial charge >= 0.3 is 0 Å². The van der Waals surface area contributed by atoms with Crippen LogP contribution in [0.2, 0.25) is 10.0 Å². The highest BCUT2D eigenvalue weighted by Crippen LogP contribution is 2.36. The van der Waals surface area contributed by atoms with E-state index in [1.807, 2.05) is 0 Å². The molecule has 0 aliphatic rings. The van der Waals surface area contributed by atoms with Crippen LogP contribution in [0.4, 0.5) is 0 Å². The topological polar surface area (TPSA) is 38.7 Å². The van der Waals surface area contributed by atoms with Crippen LogP contribution in [0, 0.1) is 0 Å². The molecule has 3 nitrogen and oxygen atoms in total. The largest absolute Gasteiger partial charge is 0.508 e. The molecule has 1 aromatic rings. The molecule has 0 heterocycles. The molecule has 1 N–H and O–H groups in total. The van der Waals surface area contributed by atoms with Gasteiger partial charge in [0.05, 0.1) is 28.3 Å². The zero-order valence-corrected chi connectivity index (χ0v) is 13.6. The van der Waals surface area contributed by atoms with Crippen molar-refractivity contribution in [3.63, 3.8) is 0 Å². The van der Waals surface area contributed by atoms with E-state index in [2.05, 4.69) is 0 Å². The standard InChI is InChI=1S/C13H14Cl4O3/c14-7-9(15)8-19-3-1-2-4-20-13-11(16)5-10(18)6-12(13)17/h5-7,18H,1-4,8H2. The number of unbranched alkanes of at least 4 members (excludes halogenated alkanes) is 1. The first-order chi connectivity index (χ1) is 9.54. The van der Waals surface area contributed by atoms with E-state index in [1.165, 1.54) is 17.7 Å². The quantitative estimate of drug-likeness (QED) is 0.649. The minimum atomic E-state index is 0.00461. The van der Waals surface area contributed by atoms with Gasteiger partial charge in [-0.2, -0.15) is 0 Å². The molecule has 0 radical (unpaired) electrons. The minimum absolute atomic E-state index is 0.00461. The second-order valence-corrected chi connectivity index (χ2v) is 5.42. The highest BCUT2D eigenvalue weighted by Gasteiger charge is 2.09. The first-order valence-corrected chi connectivity index (χ1v) is 7.45. The van der Waals surface area contributed by atoms with Crippen molar-refractivity contribution in [1.29, 1.82) is 0 Å². The average Bonchev–Trinajstić information content (AvgIpc) is 2.39. The lowest BCUT2D eigenvalue weighted by Gasteiger charge is -2.10. The van der Waals surface area contributed by atoms with Gasteiger partial charge in [0.1, 0.15) is 5.75 Å². The average molecular weight is 360 g/mol. The number of phenols is 1. The number of aromatic hydroxyl groups is 1. The SMILES string of the molecule is Oc1cc(Cl)c(OCCCCOCC(Cl)=CCl)c(Cl)c1. The molecular formula is C13H14Cl4O3. The molecule has 0 aliphatic heterocycles. The van der Waals surface area contributed by atoms with Crippen molar-refractivity contribution in [1.82, 2.24) is 0 Å². The van der Waals surface area contributed by atoms with Crippen LogP contribution >= 0.6 is 46.4 Å². The summed E-state index contributed by atoms with van der Waals surface area (Å²) in [6.07, 6.45) is 1.58. The Labute approximate surface area is 138 Å². The fourth-order valence-corrected chi connectivity index (χ4v) is 2.09. The predicted octanol–water partition coefficient (Wildman–Crippen LogP) is 5.19. The molecule has 1 rings (SSSR count). The lowest BCUT2D eigenvalue weighted by atomic mass is 10.3. The van der Waals surface area contributed by atoms with E-state index in [0.717, 1.165) is 12.8 Å². The number of halogens is 4. The molecule has 112 valence electrons. The molecule has 0 spiro atoms. The highest BCUT2D eigenvalue weighted by molar-refractivity contribution is 6.37. The van der Waals surface area contributed by atoms with Gasteiger partial charge < -0.3 is 14.6 Å².